The Kier molecular flexibility index (Phi) is 3.36. The van der Waals surface area contributed by atoms with Gasteiger partial charge in [0.1, 0.15) is 5.82 Å². The standard InChI is InChI=1S/C13H11N5O2S/c19-21(20,11-6-2-1-3-7-11)18(13-10-15-17-16-13)12-8-4-5-9-14-12/h1-10H,(H,15,16,17). The van der Waals surface area contributed by atoms with Gasteiger partial charge >= 0.3 is 0 Å². The zero-order valence-corrected chi connectivity index (χ0v) is 11.6. The van der Waals surface area contributed by atoms with E-state index < -0.39 is 10.0 Å². The first-order valence-corrected chi connectivity index (χ1v) is 7.51. The Morgan fingerprint density at radius 1 is 0.952 bits per heavy atom. The summed E-state index contributed by atoms with van der Waals surface area (Å²) in [5, 5.41) is 9.86. The van der Waals surface area contributed by atoms with Gasteiger partial charge in [0, 0.05) is 6.20 Å². The maximum absolute atomic E-state index is 12.8. The Bertz CT molecular complexity index is 804. The lowest BCUT2D eigenvalue weighted by molar-refractivity contribution is 0.595. The average Bonchev–Trinajstić information content (AvgIpc) is 3.03. The number of aromatic nitrogens is 4. The van der Waals surface area contributed by atoms with Crippen molar-refractivity contribution in [1.29, 1.82) is 0 Å². The molecule has 0 spiro atoms. The van der Waals surface area contributed by atoms with Crippen molar-refractivity contribution >= 4 is 21.7 Å². The molecule has 8 heteroatoms. The summed E-state index contributed by atoms with van der Waals surface area (Å²) in [6.07, 6.45) is 2.91. The highest BCUT2D eigenvalue weighted by molar-refractivity contribution is 7.93. The lowest BCUT2D eigenvalue weighted by Gasteiger charge is -2.20. The van der Waals surface area contributed by atoms with Crippen LogP contribution in [-0.4, -0.2) is 28.8 Å². The van der Waals surface area contributed by atoms with Crippen molar-refractivity contribution in [3.63, 3.8) is 0 Å². The zero-order valence-electron chi connectivity index (χ0n) is 10.8. The van der Waals surface area contributed by atoms with Crippen molar-refractivity contribution < 1.29 is 8.42 Å². The summed E-state index contributed by atoms with van der Waals surface area (Å²) in [5.41, 5.74) is 0. The molecule has 0 bridgehead atoms. The second-order valence-electron chi connectivity index (χ2n) is 4.10. The second-order valence-corrected chi connectivity index (χ2v) is 5.89. The van der Waals surface area contributed by atoms with Crippen molar-refractivity contribution in [2.24, 2.45) is 0 Å². The van der Waals surface area contributed by atoms with E-state index in [0.29, 0.717) is 0 Å². The maximum Gasteiger partial charge on any atom is 0.271 e. The molecular formula is C13H11N5O2S. The summed E-state index contributed by atoms with van der Waals surface area (Å²) in [6, 6.07) is 13.1. The zero-order chi connectivity index (χ0) is 14.7. The molecule has 21 heavy (non-hydrogen) atoms. The van der Waals surface area contributed by atoms with E-state index in [9.17, 15) is 8.42 Å². The summed E-state index contributed by atoms with van der Waals surface area (Å²) in [5.74, 6) is 0.396. The first-order chi connectivity index (χ1) is 10.2. The van der Waals surface area contributed by atoms with Gasteiger partial charge in [-0.15, -0.1) is 5.10 Å². The number of nitrogens with one attached hydrogen (secondary N) is 1. The van der Waals surface area contributed by atoms with Crippen molar-refractivity contribution in [3.8, 4) is 0 Å². The van der Waals surface area contributed by atoms with Gasteiger partial charge in [-0.2, -0.15) is 4.31 Å². The molecule has 0 aliphatic carbocycles. The Morgan fingerprint density at radius 2 is 1.71 bits per heavy atom. The molecular weight excluding hydrogens is 290 g/mol. The Labute approximate surface area is 121 Å². The van der Waals surface area contributed by atoms with Gasteiger partial charge in [0.15, 0.2) is 5.82 Å². The molecule has 2 aromatic heterocycles. The Morgan fingerprint density at radius 3 is 2.33 bits per heavy atom. The third kappa shape index (κ3) is 2.48. The van der Waals surface area contributed by atoms with E-state index in [1.807, 2.05) is 0 Å². The van der Waals surface area contributed by atoms with E-state index in [-0.39, 0.29) is 16.5 Å². The molecule has 0 amide bonds. The van der Waals surface area contributed by atoms with E-state index in [0.717, 1.165) is 4.31 Å². The first kappa shape index (κ1) is 13.3. The highest BCUT2D eigenvalue weighted by Gasteiger charge is 2.29. The van der Waals surface area contributed by atoms with Crippen LogP contribution in [0.25, 0.3) is 0 Å². The molecule has 0 aliphatic heterocycles. The van der Waals surface area contributed by atoms with Crippen LogP contribution in [0.4, 0.5) is 11.6 Å². The first-order valence-electron chi connectivity index (χ1n) is 6.07. The molecule has 0 atom stereocenters. The highest BCUT2D eigenvalue weighted by atomic mass is 32.2. The van der Waals surface area contributed by atoms with Gasteiger partial charge in [-0.3, -0.25) is 5.10 Å². The molecule has 0 saturated heterocycles. The number of pyridine rings is 1. The van der Waals surface area contributed by atoms with Crippen LogP contribution in [0.1, 0.15) is 0 Å². The van der Waals surface area contributed by atoms with Crippen LogP contribution >= 0.6 is 0 Å². The predicted molar refractivity (Wildman–Crippen MR) is 76.4 cm³/mol. The fourth-order valence-corrected chi connectivity index (χ4v) is 3.23. The molecule has 1 aromatic carbocycles. The SMILES string of the molecule is O=S(=O)(c1ccccc1)N(c1ccccn1)c1c[nH]nn1. The van der Waals surface area contributed by atoms with E-state index in [1.54, 1.807) is 36.4 Å². The van der Waals surface area contributed by atoms with Crippen LogP contribution in [0.5, 0.6) is 0 Å². The number of anilines is 2. The largest absolute Gasteiger partial charge is 0.271 e. The molecule has 106 valence electrons. The smallest absolute Gasteiger partial charge is 0.263 e. The minimum atomic E-state index is -3.83. The van der Waals surface area contributed by atoms with Crippen LogP contribution in [0.3, 0.4) is 0 Å². The van der Waals surface area contributed by atoms with Gasteiger partial charge in [-0.1, -0.05) is 29.5 Å². The van der Waals surface area contributed by atoms with E-state index in [4.69, 9.17) is 0 Å². The van der Waals surface area contributed by atoms with Gasteiger partial charge in [0.25, 0.3) is 10.0 Å². The number of hydrogen-bond donors (Lipinski definition) is 1. The van der Waals surface area contributed by atoms with Crippen LogP contribution in [0.15, 0.2) is 65.8 Å². The van der Waals surface area contributed by atoms with Crippen molar-refractivity contribution in [2.45, 2.75) is 4.90 Å². The molecule has 3 rings (SSSR count). The molecule has 0 unspecified atom stereocenters. The van der Waals surface area contributed by atoms with Gasteiger partial charge in [0.05, 0.1) is 11.1 Å². The average molecular weight is 301 g/mol. The van der Waals surface area contributed by atoms with Crippen LogP contribution < -0.4 is 4.31 Å². The fourth-order valence-electron chi connectivity index (χ4n) is 1.83. The second kappa shape index (κ2) is 5.33. The third-order valence-corrected chi connectivity index (χ3v) is 4.47. The number of rotatable bonds is 4. The Balaban J connectivity index is 2.17. The summed E-state index contributed by atoms with van der Waals surface area (Å²) >= 11 is 0. The number of benzene rings is 1. The summed E-state index contributed by atoms with van der Waals surface area (Å²) in [7, 11) is -3.83. The molecule has 7 nitrogen and oxygen atoms in total. The normalized spacial score (nSPS) is 11.2. The molecule has 0 aliphatic rings. The molecule has 2 heterocycles. The van der Waals surface area contributed by atoms with Crippen LogP contribution in [0, 0.1) is 0 Å². The van der Waals surface area contributed by atoms with E-state index >= 15 is 0 Å². The molecule has 1 N–H and O–H groups in total. The van der Waals surface area contributed by atoms with E-state index in [2.05, 4.69) is 20.4 Å². The van der Waals surface area contributed by atoms with Gasteiger partial charge in [-0.05, 0) is 24.3 Å². The van der Waals surface area contributed by atoms with Gasteiger partial charge in [-0.25, -0.2) is 13.4 Å². The van der Waals surface area contributed by atoms with Gasteiger partial charge in [0.2, 0.25) is 0 Å². The third-order valence-electron chi connectivity index (χ3n) is 2.75. The quantitative estimate of drug-likeness (QED) is 0.792. The monoisotopic (exact) mass is 301 g/mol. The van der Waals surface area contributed by atoms with Crippen LogP contribution in [-0.2, 0) is 10.0 Å². The van der Waals surface area contributed by atoms with Crippen molar-refractivity contribution in [3.05, 3.63) is 60.9 Å². The number of nitrogens with zero attached hydrogens (tertiary/aromatic N) is 4. The predicted octanol–water partition coefficient (Wildman–Crippen LogP) is 1.73. The summed E-state index contributed by atoms with van der Waals surface area (Å²) in [4.78, 5) is 4.24. The number of H-pyrrole nitrogens is 1. The molecule has 0 fully saturated rings. The maximum atomic E-state index is 12.8. The molecule has 0 saturated carbocycles. The molecule has 3 aromatic rings. The Hall–Kier alpha value is -2.74. The topological polar surface area (TPSA) is 91.8 Å². The minimum Gasteiger partial charge on any atom is -0.263 e. The van der Waals surface area contributed by atoms with Crippen molar-refractivity contribution in [1.82, 2.24) is 20.4 Å². The van der Waals surface area contributed by atoms with Crippen LogP contribution in [0.2, 0.25) is 0 Å². The highest BCUT2D eigenvalue weighted by Crippen LogP contribution is 2.28. The van der Waals surface area contributed by atoms with Gasteiger partial charge < -0.3 is 0 Å². The summed E-state index contributed by atoms with van der Waals surface area (Å²) in [6.45, 7) is 0. The lowest BCUT2D eigenvalue weighted by Crippen LogP contribution is -2.27. The number of sulfonamides is 1. The number of hydrogen-bond acceptors (Lipinski definition) is 5. The van der Waals surface area contributed by atoms with Crippen molar-refractivity contribution in [2.75, 3.05) is 4.31 Å². The summed E-state index contributed by atoms with van der Waals surface area (Å²) < 4.78 is 26.7. The minimum absolute atomic E-state index is 0.151. The molecule has 0 radical (unpaired) electrons. The lowest BCUT2D eigenvalue weighted by atomic mass is 10.4. The number of aromatic amines is 1. The fraction of sp³-hybridized carbons (Fsp3) is 0. The van der Waals surface area contributed by atoms with E-state index in [1.165, 1.54) is 24.5 Å².